The molecular weight excluding hydrogens is 170 g/mol. The SMILES string of the molecule is COC(=O)[C@H]1CCCCN1C(C)=O. The number of piperidine rings is 1. The van der Waals surface area contributed by atoms with Crippen molar-refractivity contribution in [2.24, 2.45) is 0 Å². The first-order valence-electron chi connectivity index (χ1n) is 4.52. The van der Waals surface area contributed by atoms with E-state index in [4.69, 9.17) is 0 Å². The second-order valence-corrected chi connectivity index (χ2v) is 3.25. The van der Waals surface area contributed by atoms with Crippen LogP contribution in [0.15, 0.2) is 0 Å². The smallest absolute Gasteiger partial charge is 0.328 e. The normalized spacial score (nSPS) is 22.6. The Morgan fingerprint density at radius 3 is 2.62 bits per heavy atom. The molecule has 13 heavy (non-hydrogen) atoms. The summed E-state index contributed by atoms with van der Waals surface area (Å²) in [6.45, 7) is 2.16. The molecule has 1 atom stereocenters. The summed E-state index contributed by atoms with van der Waals surface area (Å²) in [6.07, 6.45) is 2.70. The van der Waals surface area contributed by atoms with Gasteiger partial charge < -0.3 is 9.64 Å². The lowest BCUT2D eigenvalue weighted by atomic mass is 10.0. The van der Waals surface area contributed by atoms with Crippen LogP contribution < -0.4 is 0 Å². The zero-order valence-electron chi connectivity index (χ0n) is 8.08. The molecule has 0 saturated carbocycles. The number of carbonyl (C=O) groups excluding carboxylic acids is 2. The molecular formula is C9H15NO3. The molecule has 1 aliphatic heterocycles. The first kappa shape index (κ1) is 10.0. The Balaban J connectivity index is 2.67. The monoisotopic (exact) mass is 185 g/mol. The Kier molecular flexibility index (Phi) is 3.28. The fourth-order valence-corrected chi connectivity index (χ4v) is 1.69. The van der Waals surface area contributed by atoms with E-state index in [-0.39, 0.29) is 17.9 Å². The van der Waals surface area contributed by atoms with E-state index < -0.39 is 0 Å². The number of likely N-dealkylation sites (tertiary alicyclic amines) is 1. The quantitative estimate of drug-likeness (QED) is 0.561. The van der Waals surface area contributed by atoms with E-state index in [0.717, 1.165) is 19.3 Å². The highest BCUT2D eigenvalue weighted by atomic mass is 16.5. The molecule has 74 valence electrons. The average Bonchev–Trinajstić information content (AvgIpc) is 2.16. The van der Waals surface area contributed by atoms with Crippen molar-refractivity contribution in [3.63, 3.8) is 0 Å². The van der Waals surface area contributed by atoms with E-state index in [1.54, 1.807) is 4.90 Å². The molecule has 4 nitrogen and oxygen atoms in total. The fraction of sp³-hybridized carbons (Fsp3) is 0.778. The van der Waals surface area contributed by atoms with Gasteiger partial charge in [-0.05, 0) is 19.3 Å². The van der Waals surface area contributed by atoms with Crippen LogP contribution in [-0.2, 0) is 14.3 Å². The van der Waals surface area contributed by atoms with Gasteiger partial charge in [0.1, 0.15) is 6.04 Å². The Labute approximate surface area is 77.8 Å². The van der Waals surface area contributed by atoms with Crippen molar-refractivity contribution in [1.29, 1.82) is 0 Å². The van der Waals surface area contributed by atoms with Crippen LogP contribution >= 0.6 is 0 Å². The molecule has 0 aromatic rings. The molecule has 0 spiro atoms. The van der Waals surface area contributed by atoms with Crippen molar-refractivity contribution in [3.8, 4) is 0 Å². The molecule has 0 N–H and O–H groups in total. The first-order valence-corrected chi connectivity index (χ1v) is 4.52. The molecule has 1 rings (SSSR count). The molecule has 1 heterocycles. The van der Waals surface area contributed by atoms with Crippen molar-refractivity contribution in [2.45, 2.75) is 32.2 Å². The summed E-state index contributed by atoms with van der Waals surface area (Å²) in [5.74, 6) is -0.343. The van der Waals surface area contributed by atoms with Gasteiger partial charge in [-0.2, -0.15) is 0 Å². The summed E-state index contributed by atoms with van der Waals surface area (Å²) in [7, 11) is 1.36. The van der Waals surface area contributed by atoms with Gasteiger partial charge in [0.2, 0.25) is 5.91 Å². The fourth-order valence-electron chi connectivity index (χ4n) is 1.69. The molecule has 1 fully saturated rings. The van der Waals surface area contributed by atoms with E-state index in [1.807, 2.05) is 0 Å². The molecule has 0 unspecified atom stereocenters. The van der Waals surface area contributed by atoms with Gasteiger partial charge in [-0.15, -0.1) is 0 Å². The minimum Gasteiger partial charge on any atom is -0.467 e. The number of esters is 1. The first-order chi connectivity index (χ1) is 6.16. The zero-order valence-corrected chi connectivity index (χ0v) is 8.08. The lowest BCUT2D eigenvalue weighted by Gasteiger charge is -2.32. The minimum absolute atomic E-state index is 0.0462. The molecule has 0 aromatic carbocycles. The van der Waals surface area contributed by atoms with Gasteiger partial charge in [0.15, 0.2) is 0 Å². The highest BCUT2D eigenvalue weighted by Crippen LogP contribution is 2.17. The van der Waals surface area contributed by atoms with Crippen molar-refractivity contribution >= 4 is 11.9 Å². The van der Waals surface area contributed by atoms with Crippen LogP contribution in [0.5, 0.6) is 0 Å². The van der Waals surface area contributed by atoms with Crippen molar-refractivity contribution < 1.29 is 14.3 Å². The Hall–Kier alpha value is -1.06. The van der Waals surface area contributed by atoms with Gasteiger partial charge in [0.25, 0.3) is 0 Å². The maximum absolute atomic E-state index is 11.3. The molecule has 0 bridgehead atoms. The molecule has 1 aliphatic rings. The number of hydrogen-bond donors (Lipinski definition) is 0. The van der Waals surface area contributed by atoms with Gasteiger partial charge in [0, 0.05) is 13.5 Å². The minimum atomic E-state index is -0.351. The molecule has 0 radical (unpaired) electrons. The second kappa shape index (κ2) is 4.25. The summed E-state index contributed by atoms with van der Waals surface area (Å²) in [4.78, 5) is 24.0. The number of ether oxygens (including phenoxy) is 1. The summed E-state index contributed by atoms with van der Waals surface area (Å²) in [6, 6.07) is -0.351. The molecule has 0 aromatic heterocycles. The second-order valence-electron chi connectivity index (χ2n) is 3.25. The standard InChI is InChI=1S/C9H15NO3/c1-7(11)10-6-4-3-5-8(10)9(12)13-2/h8H,3-6H2,1-2H3/t8-/m1/s1. The molecule has 1 amide bonds. The van der Waals surface area contributed by atoms with Crippen LogP contribution in [0.4, 0.5) is 0 Å². The number of carbonyl (C=O) groups is 2. The number of methoxy groups -OCH3 is 1. The van der Waals surface area contributed by atoms with Gasteiger partial charge >= 0.3 is 5.97 Å². The van der Waals surface area contributed by atoms with Gasteiger partial charge in [-0.25, -0.2) is 4.79 Å². The van der Waals surface area contributed by atoms with Crippen LogP contribution in [0, 0.1) is 0 Å². The van der Waals surface area contributed by atoms with Gasteiger partial charge in [-0.1, -0.05) is 0 Å². The summed E-state index contributed by atoms with van der Waals surface area (Å²) in [5, 5.41) is 0. The van der Waals surface area contributed by atoms with Crippen molar-refractivity contribution in [2.75, 3.05) is 13.7 Å². The highest BCUT2D eigenvalue weighted by molar-refractivity contribution is 5.83. The number of hydrogen-bond acceptors (Lipinski definition) is 3. The lowest BCUT2D eigenvalue weighted by Crippen LogP contribution is -2.47. The average molecular weight is 185 g/mol. The number of nitrogens with zero attached hydrogens (tertiary/aromatic N) is 1. The number of amides is 1. The van der Waals surface area contributed by atoms with Crippen LogP contribution in [0.25, 0.3) is 0 Å². The Morgan fingerprint density at radius 1 is 1.38 bits per heavy atom. The maximum Gasteiger partial charge on any atom is 0.328 e. The zero-order chi connectivity index (χ0) is 9.84. The third kappa shape index (κ3) is 2.20. The Morgan fingerprint density at radius 2 is 2.08 bits per heavy atom. The predicted molar refractivity (Wildman–Crippen MR) is 47.0 cm³/mol. The number of rotatable bonds is 1. The van der Waals surface area contributed by atoms with E-state index >= 15 is 0 Å². The van der Waals surface area contributed by atoms with Gasteiger partial charge in [0.05, 0.1) is 7.11 Å². The third-order valence-electron chi connectivity index (χ3n) is 2.38. The van der Waals surface area contributed by atoms with Gasteiger partial charge in [-0.3, -0.25) is 4.79 Å². The van der Waals surface area contributed by atoms with Crippen molar-refractivity contribution in [1.82, 2.24) is 4.90 Å². The van der Waals surface area contributed by atoms with E-state index in [9.17, 15) is 9.59 Å². The highest BCUT2D eigenvalue weighted by Gasteiger charge is 2.30. The van der Waals surface area contributed by atoms with Crippen molar-refractivity contribution in [3.05, 3.63) is 0 Å². The van der Waals surface area contributed by atoms with Crippen LogP contribution in [0.1, 0.15) is 26.2 Å². The summed E-state index contributed by atoms with van der Waals surface area (Å²) >= 11 is 0. The third-order valence-corrected chi connectivity index (χ3v) is 2.38. The van der Waals surface area contributed by atoms with Crippen LogP contribution in [0.2, 0.25) is 0 Å². The Bertz CT molecular complexity index is 215. The van der Waals surface area contributed by atoms with E-state index in [2.05, 4.69) is 4.74 Å². The molecule has 0 aliphatic carbocycles. The molecule has 1 saturated heterocycles. The maximum atomic E-state index is 11.3. The van der Waals surface area contributed by atoms with Crippen LogP contribution in [-0.4, -0.2) is 36.5 Å². The largest absolute Gasteiger partial charge is 0.467 e. The van der Waals surface area contributed by atoms with E-state index in [0.29, 0.717) is 6.54 Å². The topological polar surface area (TPSA) is 46.6 Å². The van der Waals surface area contributed by atoms with E-state index in [1.165, 1.54) is 14.0 Å². The lowest BCUT2D eigenvalue weighted by molar-refractivity contribution is -0.153. The summed E-state index contributed by atoms with van der Waals surface area (Å²) in [5.41, 5.74) is 0. The molecule has 4 heteroatoms. The van der Waals surface area contributed by atoms with Crippen LogP contribution in [0.3, 0.4) is 0 Å². The summed E-state index contributed by atoms with van der Waals surface area (Å²) < 4.78 is 4.64. The predicted octanol–water partition coefficient (Wildman–Crippen LogP) is 0.560.